The molecule has 1 saturated heterocycles. The fraction of sp³-hybridized carbons (Fsp3) is 0.304. The summed E-state index contributed by atoms with van der Waals surface area (Å²) in [6.45, 7) is 5.23. The molecular formula is C23H23FN2O3S. The van der Waals surface area contributed by atoms with Gasteiger partial charge in [0.05, 0.1) is 24.4 Å². The van der Waals surface area contributed by atoms with Crippen LogP contribution in [0.4, 0.5) is 4.39 Å². The van der Waals surface area contributed by atoms with Crippen molar-refractivity contribution in [2.45, 2.75) is 30.6 Å². The molecule has 1 amide bonds. The average Bonchev–Trinajstić information content (AvgIpc) is 3.10. The summed E-state index contributed by atoms with van der Waals surface area (Å²) in [6, 6.07) is 13.9. The van der Waals surface area contributed by atoms with Crippen LogP contribution in [0.25, 0.3) is 0 Å². The first kappa shape index (κ1) is 20.6. The van der Waals surface area contributed by atoms with E-state index in [0.717, 1.165) is 27.5 Å². The number of benzene rings is 2. The predicted molar refractivity (Wildman–Crippen MR) is 113 cm³/mol. The van der Waals surface area contributed by atoms with Gasteiger partial charge in [-0.05, 0) is 43.7 Å². The highest BCUT2D eigenvalue weighted by molar-refractivity contribution is 7.98. The molecule has 0 N–H and O–H groups in total. The van der Waals surface area contributed by atoms with Gasteiger partial charge in [0, 0.05) is 22.8 Å². The lowest BCUT2D eigenvalue weighted by molar-refractivity contribution is -0.0229. The zero-order valence-electron chi connectivity index (χ0n) is 16.9. The summed E-state index contributed by atoms with van der Waals surface area (Å²) in [5, 5.41) is 4.00. The Bertz CT molecular complexity index is 1020. The van der Waals surface area contributed by atoms with Crippen molar-refractivity contribution in [1.29, 1.82) is 0 Å². The van der Waals surface area contributed by atoms with Gasteiger partial charge in [-0.3, -0.25) is 4.79 Å². The number of hydrogen-bond donors (Lipinski definition) is 0. The lowest BCUT2D eigenvalue weighted by Gasteiger charge is -2.33. The Morgan fingerprint density at radius 1 is 1.20 bits per heavy atom. The molecule has 1 aromatic heterocycles. The molecule has 2 heterocycles. The molecule has 1 fully saturated rings. The number of thioether (sulfide) groups is 1. The van der Waals surface area contributed by atoms with Crippen LogP contribution in [-0.4, -0.2) is 35.7 Å². The minimum atomic E-state index is -0.285. The highest BCUT2D eigenvalue weighted by atomic mass is 32.2. The van der Waals surface area contributed by atoms with E-state index in [2.05, 4.69) is 5.16 Å². The zero-order valence-corrected chi connectivity index (χ0v) is 17.7. The smallest absolute Gasteiger partial charge is 0.255 e. The number of morpholine rings is 1. The number of hydrogen-bond acceptors (Lipinski definition) is 5. The van der Waals surface area contributed by atoms with Crippen molar-refractivity contribution in [2.75, 3.05) is 19.7 Å². The molecule has 3 aromatic rings. The van der Waals surface area contributed by atoms with Crippen molar-refractivity contribution in [1.82, 2.24) is 10.1 Å². The number of carbonyl (C=O) groups excluding carboxylic acids is 1. The maximum absolute atomic E-state index is 13.3. The second-order valence-electron chi connectivity index (χ2n) is 7.25. The number of aryl methyl sites for hydroxylation is 2. The summed E-state index contributed by atoms with van der Waals surface area (Å²) in [4.78, 5) is 16.0. The second-order valence-corrected chi connectivity index (χ2v) is 8.27. The van der Waals surface area contributed by atoms with Crippen LogP contribution in [0.3, 0.4) is 0 Å². The summed E-state index contributed by atoms with van der Waals surface area (Å²) in [5.41, 5.74) is 3.48. The van der Waals surface area contributed by atoms with Gasteiger partial charge in [0.25, 0.3) is 5.91 Å². The van der Waals surface area contributed by atoms with Crippen LogP contribution < -0.4 is 0 Å². The SMILES string of the molecule is Cc1noc(C)c1CSc1ccccc1C(=O)N1CCOC(c2ccc(F)cc2)C1. The van der Waals surface area contributed by atoms with E-state index in [-0.39, 0.29) is 17.8 Å². The quantitative estimate of drug-likeness (QED) is 0.541. The first-order chi connectivity index (χ1) is 14.5. The van der Waals surface area contributed by atoms with E-state index in [0.29, 0.717) is 31.0 Å². The van der Waals surface area contributed by atoms with Crippen molar-refractivity contribution < 1.29 is 18.4 Å². The van der Waals surface area contributed by atoms with Crippen molar-refractivity contribution >= 4 is 17.7 Å². The normalized spacial score (nSPS) is 16.6. The maximum atomic E-state index is 13.3. The molecule has 0 bridgehead atoms. The predicted octanol–water partition coefficient (Wildman–Crippen LogP) is 4.94. The Hall–Kier alpha value is -2.64. The Labute approximate surface area is 179 Å². The molecule has 0 saturated carbocycles. The standard InChI is InChI=1S/C23H23FN2O3S/c1-15-20(16(2)29-25-15)14-30-22-6-4-3-5-19(22)23(27)26-11-12-28-21(13-26)17-7-9-18(24)10-8-17/h3-10,21H,11-14H2,1-2H3. The van der Waals surface area contributed by atoms with Gasteiger partial charge in [0.15, 0.2) is 0 Å². The lowest BCUT2D eigenvalue weighted by atomic mass is 10.1. The molecule has 4 rings (SSSR count). The van der Waals surface area contributed by atoms with Gasteiger partial charge >= 0.3 is 0 Å². The van der Waals surface area contributed by atoms with Gasteiger partial charge in [-0.1, -0.05) is 29.4 Å². The number of halogens is 1. The van der Waals surface area contributed by atoms with Crippen molar-refractivity contribution in [3.63, 3.8) is 0 Å². The summed E-state index contributed by atoms with van der Waals surface area (Å²) >= 11 is 1.60. The molecule has 1 aliphatic heterocycles. The monoisotopic (exact) mass is 426 g/mol. The molecule has 30 heavy (non-hydrogen) atoms. The number of rotatable bonds is 5. The highest BCUT2D eigenvalue weighted by Gasteiger charge is 2.27. The Morgan fingerprint density at radius 3 is 2.70 bits per heavy atom. The van der Waals surface area contributed by atoms with Gasteiger partial charge < -0.3 is 14.2 Å². The van der Waals surface area contributed by atoms with Gasteiger partial charge in [-0.2, -0.15) is 0 Å². The van der Waals surface area contributed by atoms with E-state index in [1.807, 2.05) is 43.0 Å². The van der Waals surface area contributed by atoms with Crippen LogP contribution in [0.1, 0.15) is 39.0 Å². The van der Waals surface area contributed by atoms with E-state index in [4.69, 9.17) is 9.26 Å². The van der Waals surface area contributed by atoms with Crippen LogP contribution in [0.5, 0.6) is 0 Å². The lowest BCUT2D eigenvalue weighted by Crippen LogP contribution is -2.42. The molecular weight excluding hydrogens is 403 g/mol. The molecule has 7 heteroatoms. The van der Waals surface area contributed by atoms with Crippen LogP contribution in [-0.2, 0) is 10.5 Å². The van der Waals surface area contributed by atoms with E-state index in [1.54, 1.807) is 23.9 Å². The topological polar surface area (TPSA) is 55.6 Å². The molecule has 0 radical (unpaired) electrons. The van der Waals surface area contributed by atoms with E-state index in [1.165, 1.54) is 12.1 Å². The van der Waals surface area contributed by atoms with Gasteiger partial charge in [0.2, 0.25) is 0 Å². The molecule has 0 spiro atoms. The summed E-state index contributed by atoms with van der Waals surface area (Å²) in [5.74, 6) is 1.19. The molecule has 0 aliphatic carbocycles. The summed E-state index contributed by atoms with van der Waals surface area (Å²) in [7, 11) is 0. The number of nitrogens with zero attached hydrogens (tertiary/aromatic N) is 2. The molecule has 1 unspecified atom stereocenters. The van der Waals surface area contributed by atoms with Crippen LogP contribution >= 0.6 is 11.8 Å². The first-order valence-corrected chi connectivity index (χ1v) is 10.8. The minimum Gasteiger partial charge on any atom is -0.370 e. The molecule has 156 valence electrons. The summed E-state index contributed by atoms with van der Waals surface area (Å²) in [6.07, 6.45) is -0.259. The fourth-order valence-electron chi connectivity index (χ4n) is 3.51. The van der Waals surface area contributed by atoms with Crippen molar-refractivity contribution in [2.24, 2.45) is 0 Å². The van der Waals surface area contributed by atoms with E-state index < -0.39 is 0 Å². The van der Waals surface area contributed by atoms with Gasteiger partial charge in [0.1, 0.15) is 17.7 Å². The zero-order chi connectivity index (χ0) is 21.1. The largest absolute Gasteiger partial charge is 0.370 e. The third kappa shape index (κ3) is 4.42. The van der Waals surface area contributed by atoms with E-state index >= 15 is 0 Å². The van der Waals surface area contributed by atoms with Gasteiger partial charge in [-0.15, -0.1) is 11.8 Å². The fourth-order valence-corrected chi connectivity index (χ4v) is 4.71. The number of aromatic nitrogens is 1. The number of carbonyl (C=O) groups is 1. The molecule has 5 nitrogen and oxygen atoms in total. The second kappa shape index (κ2) is 9.02. The maximum Gasteiger partial charge on any atom is 0.255 e. The van der Waals surface area contributed by atoms with Crippen LogP contribution in [0.15, 0.2) is 57.9 Å². The summed E-state index contributed by atoms with van der Waals surface area (Å²) < 4.78 is 24.3. The number of amides is 1. The van der Waals surface area contributed by atoms with Gasteiger partial charge in [-0.25, -0.2) is 4.39 Å². The van der Waals surface area contributed by atoms with Crippen LogP contribution in [0, 0.1) is 19.7 Å². The van der Waals surface area contributed by atoms with Crippen LogP contribution in [0.2, 0.25) is 0 Å². The molecule has 1 atom stereocenters. The van der Waals surface area contributed by atoms with Crippen molar-refractivity contribution in [3.05, 3.63) is 82.5 Å². The first-order valence-electron chi connectivity index (χ1n) is 9.83. The van der Waals surface area contributed by atoms with Crippen molar-refractivity contribution in [3.8, 4) is 0 Å². The Balaban J connectivity index is 1.49. The third-order valence-corrected chi connectivity index (χ3v) is 6.37. The minimum absolute atomic E-state index is 0.0210. The average molecular weight is 427 g/mol. The molecule has 1 aliphatic rings. The Kier molecular flexibility index (Phi) is 6.20. The Morgan fingerprint density at radius 2 is 1.97 bits per heavy atom. The van der Waals surface area contributed by atoms with E-state index in [9.17, 15) is 9.18 Å². The third-order valence-electron chi connectivity index (χ3n) is 5.27. The molecule has 2 aromatic carbocycles. The number of ether oxygens (including phenoxy) is 1. The highest BCUT2D eigenvalue weighted by Crippen LogP contribution is 2.31.